The van der Waals surface area contributed by atoms with E-state index in [0.29, 0.717) is 23.9 Å². The third-order valence-electron chi connectivity index (χ3n) is 4.42. The molecule has 0 saturated carbocycles. The van der Waals surface area contributed by atoms with E-state index in [2.05, 4.69) is 15.5 Å². The second-order valence-corrected chi connectivity index (χ2v) is 6.44. The highest BCUT2D eigenvalue weighted by molar-refractivity contribution is 5.82. The first-order chi connectivity index (χ1) is 14.3. The summed E-state index contributed by atoms with van der Waals surface area (Å²) in [7, 11) is 1.63. The Morgan fingerprint density at radius 1 is 0.897 bits per heavy atom. The number of nitrogens with zero attached hydrogens (tertiary/aromatic N) is 2. The van der Waals surface area contributed by atoms with Crippen molar-refractivity contribution in [2.45, 2.75) is 6.61 Å². The van der Waals surface area contributed by atoms with Crippen LogP contribution in [-0.4, -0.2) is 18.3 Å². The van der Waals surface area contributed by atoms with Gasteiger partial charge in [0.05, 0.1) is 18.8 Å². The van der Waals surface area contributed by atoms with Crippen molar-refractivity contribution < 1.29 is 9.47 Å². The summed E-state index contributed by atoms with van der Waals surface area (Å²) in [6.45, 7) is 0.486. The molecule has 29 heavy (non-hydrogen) atoms. The summed E-state index contributed by atoms with van der Waals surface area (Å²) in [5.41, 5.74) is 5.89. The molecule has 0 amide bonds. The van der Waals surface area contributed by atoms with E-state index in [0.717, 1.165) is 22.0 Å². The van der Waals surface area contributed by atoms with Gasteiger partial charge in [-0.25, -0.2) is 4.98 Å². The maximum absolute atomic E-state index is 5.89. The molecule has 1 aromatic heterocycles. The van der Waals surface area contributed by atoms with Crippen molar-refractivity contribution in [3.05, 3.63) is 96.1 Å². The lowest BCUT2D eigenvalue weighted by Crippen LogP contribution is -1.98. The van der Waals surface area contributed by atoms with Crippen molar-refractivity contribution in [2.75, 3.05) is 12.5 Å². The number of benzene rings is 3. The molecule has 0 atom stereocenters. The first-order valence-corrected chi connectivity index (χ1v) is 9.31. The fourth-order valence-electron chi connectivity index (χ4n) is 2.92. The number of nitrogens with one attached hydrogen (secondary N) is 1. The van der Waals surface area contributed by atoms with Crippen LogP contribution in [0.25, 0.3) is 10.9 Å². The molecule has 1 heterocycles. The quantitative estimate of drug-likeness (QED) is 0.349. The van der Waals surface area contributed by atoms with E-state index < -0.39 is 0 Å². The van der Waals surface area contributed by atoms with Gasteiger partial charge in [-0.3, -0.25) is 5.43 Å². The number of hydrazone groups is 1. The predicted octanol–water partition coefficient (Wildman–Crippen LogP) is 5.27. The van der Waals surface area contributed by atoms with E-state index in [1.807, 2.05) is 84.9 Å². The Labute approximate surface area is 169 Å². The Bertz CT molecular complexity index is 1130. The third-order valence-corrected chi connectivity index (χ3v) is 4.42. The molecule has 0 fully saturated rings. The number of ether oxygens (including phenoxy) is 2. The molecule has 144 valence electrons. The van der Waals surface area contributed by atoms with Gasteiger partial charge in [0.15, 0.2) is 11.5 Å². The van der Waals surface area contributed by atoms with Crippen LogP contribution in [0.3, 0.4) is 0 Å². The molecule has 0 aliphatic carbocycles. The summed E-state index contributed by atoms with van der Waals surface area (Å²) >= 11 is 0. The monoisotopic (exact) mass is 383 g/mol. The van der Waals surface area contributed by atoms with Crippen LogP contribution in [0.5, 0.6) is 11.5 Å². The average Bonchev–Trinajstić information content (AvgIpc) is 2.78. The van der Waals surface area contributed by atoms with E-state index in [1.165, 1.54) is 0 Å². The van der Waals surface area contributed by atoms with Crippen molar-refractivity contribution in [3.8, 4) is 11.5 Å². The molecular formula is C24H21N3O2. The maximum atomic E-state index is 5.89. The summed E-state index contributed by atoms with van der Waals surface area (Å²) in [6.07, 6.45) is 1.72. The highest BCUT2D eigenvalue weighted by Gasteiger charge is 2.05. The van der Waals surface area contributed by atoms with Crippen molar-refractivity contribution >= 4 is 22.9 Å². The lowest BCUT2D eigenvalue weighted by molar-refractivity contribution is 0.284. The normalized spacial score (nSPS) is 10.9. The summed E-state index contributed by atoms with van der Waals surface area (Å²) in [5, 5.41) is 5.38. The largest absolute Gasteiger partial charge is 0.493 e. The molecule has 0 saturated heterocycles. The van der Waals surface area contributed by atoms with Gasteiger partial charge >= 0.3 is 0 Å². The zero-order valence-electron chi connectivity index (χ0n) is 16.1. The Kier molecular flexibility index (Phi) is 5.67. The van der Waals surface area contributed by atoms with E-state index in [1.54, 1.807) is 13.3 Å². The highest BCUT2D eigenvalue weighted by Crippen LogP contribution is 2.28. The van der Waals surface area contributed by atoms with Gasteiger partial charge in [0.1, 0.15) is 12.4 Å². The lowest BCUT2D eigenvalue weighted by Gasteiger charge is -2.11. The molecule has 0 unspecified atom stereocenters. The number of hydrogen-bond donors (Lipinski definition) is 1. The van der Waals surface area contributed by atoms with Crippen LogP contribution in [0.1, 0.15) is 11.1 Å². The molecule has 0 aliphatic heterocycles. The van der Waals surface area contributed by atoms with Crippen LogP contribution < -0.4 is 14.9 Å². The predicted molar refractivity (Wildman–Crippen MR) is 117 cm³/mol. The van der Waals surface area contributed by atoms with E-state index in [4.69, 9.17) is 9.47 Å². The smallest absolute Gasteiger partial charge is 0.161 e. The first-order valence-electron chi connectivity index (χ1n) is 9.31. The van der Waals surface area contributed by atoms with Crippen molar-refractivity contribution in [1.29, 1.82) is 0 Å². The minimum Gasteiger partial charge on any atom is -0.493 e. The van der Waals surface area contributed by atoms with Crippen LogP contribution in [0.15, 0.2) is 90.0 Å². The van der Waals surface area contributed by atoms with Gasteiger partial charge in [0.25, 0.3) is 0 Å². The Morgan fingerprint density at radius 2 is 1.72 bits per heavy atom. The van der Waals surface area contributed by atoms with Gasteiger partial charge in [-0.15, -0.1) is 0 Å². The number of rotatable bonds is 7. The minimum absolute atomic E-state index is 0.486. The second kappa shape index (κ2) is 8.89. The molecule has 4 rings (SSSR count). The summed E-state index contributed by atoms with van der Waals surface area (Å²) < 4.78 is 11.4. The van der Waals surface area contributed by atoms with Gasteiger partial charge < -0.3 is 9.47 Å². The summed E-state index contributed by atoms with van der Waals surface area (Å²) in [4.78, 5) is 4.54. The van der Waals surface area contributed by atoms with Crippen molar-refractivity contribution in [2.24, 2.45) is 5.10 Å². The van der Waals surface area contributed by atoms with Crippen LogP contribution in [0, 0.1) is 0 Å². The van der Waals surface area contributed by atoms with E-state index in [9.17, 15) is 0 Å². The molecule has 5 nitrogen and oxygen atoms in total. The van der Waals surface area contributed by atoms with Crippen LogP contribution in [0.4, 0.5) is 5.82 Å². The summed E-state index contributed by atoms with van der Waals surface area (Å²) in [6, 6.07) is 27.6. The summed E-state index contributed by atoms with van der Waals surface area (Å²) in [5.74, 6) is 2.04. The molecule has 4 aromatic rings. The van der Waals surface area contributed by atoms with E-state index >= 15 is 0 Å². The highest BCUT2D eigenvalue weighted by atomic mass is 16.5. The number of anilines is 1. The molecule has 0 bridgehead atoms. The molecule has 0 spiro atoms. The lowest BCUT2D eigenvalue weighted by atomic mass is 10.2. The zero-order chi connectivity index (χ0) is 19.9. The first kappa shape index (κ1) is 18.5. The Morgan fingerprint density at radius 3 is 2.59 bits per heavy atom. The molecule has 0 aliphatic rings. The number of fused-ring (bicyclic) bond motifs is 1. The van der Waals surface area contributed by atoms with E-state index in [-0.39, 0.29) is 0 Å². The standard InChI is InChI=1S/C24H21N3O2/c1-28-23-15-19(11-13-22(23)29-17-18-7-3-2-4-8-18)16-25-27-24-14-12-20-9-5-6-10-21(20)26-24/h2-16H,17H2,1H3,(H,26,27)/b25-16+. The Hall–Kier alpha value is -3.86. The molecular weight excluding hydrogens is 362 g/mol. The van der Waals surface area contributed by atoms with Crippen LogP contribution >= 0.6 is 0 Å². The van der Waals surface area contributed by atoms with Gasteiger partial charge in [-0.1, -0.05) is 48.5 Å². The van der Waals surface area contributed by atoms with Crippen molar-refractivity contribution in [1.82, 2.24) is 4.98 Å². The molecule has 0 radical (unpaired) electrons. The molecule has 3 aromatic carbocycles. The fraction of sp³-hybridized carbons (Fsp3) is 0.0833. The number of aromatic nitrogens is 1. The SMILES string of the molecule is COc1cc(/C=N/Nc2ccc3ccccc3n2)ccc1OCc1ccccc1. The zero-order valence-corrected chi connectivity index (χ0v) is 16.1. The topological polar surface area (TPSA) is 55.7 Å². The van der Waals surface area contributed by atoms with Gasteiger partial charge in [0, 0.05) is 5.39 Å². The Balaban J connectivity index is 1.42. The van der Waals surface area contributed by atoms with Crippen molar-refractivity contribution in [3.63, 3.8) is 0 Å². The number of methoxy groups -OCH3 is 1. The minimum atomic E-state index is 0.486. The van der Waals surface area contributed by atoms with Gasteiger partial charge in [-0.2, -0.15) is 5.10 Å². The number of hydrogen-bond acceptors (Lipinski definition) is 5. The van der Waals surface area contributed by atoms with Crippen LogP contribution in [0.2, 0.25) is 0 Å². The van der Waals surface area contributed by atoms with Crippen LogP contribution in [-0.2, 0) is 6.61 Å². The number of pyridine rings is 1. The van der Waals surface area contributed by atoms with Gasteiger partial charge in [0.2, 0.25) is 0 Å². The fourth-order valence-corrected chi connectivity index (χ4v) is 2.92. The number of para-hydroxylation sites is 1. The molecule has 1 N–H and O–H groups in total. The maximum Gasteiger partial charge on any atom is 0.161 e. The molecule has 5 heteroatoms. The van der Waals surface area contributed by atoms with Gasteiger partial charge in [-0.05, 0) is 47.5 Å². The average molecular weight is 383 g/mol. The third kappa shape index (κ3) is 4.71. The second-order valence-electron chi connectivity index (χ2n) is 6.44.